The number of rotatable bonds is 7. The molecule has 1 N–H and O–H groups in total. The lowest BCUT2D eigenvalue weighted by atomic mass is 9.95. The van der Waals surface area contributed by atoms with E-state index in [1.807, 2.05) is 16.9 Å². The van der Waals surface area contributed by atoms with Crippen molar-refractivity contribution in [1.82, 2.24) is 15.1 Å². The zero-order valence-electron chi connectivity index (χ0n) is 14.9. The predicted octanol–water partition coefficient (Wildman–Crippen LogP) is 3.80. The minimum absolute atomic E-state index is 0.213. The van der Waals surface area contributed by atoms with Crippen molar-refractivity contribution in [2.75, 3.05) is 13.2 Å². The molecule has 0 saturated carbocycles. The van der Waals surface area contributed by atoms with Gasteiger partial charge >= 0.3 is 0 Å². The number of hydrogen-bond acceptors (Lipinski definition) is 3. The van der Waals surface area contributed by atoms with Gasteiger partial charge in [0, 0.05) is 37.4 Å². The molecule has 4 heteroatoms. The average molecular weight is 347 g/mol. The Morgan fingerprint density at radius 3 is 2.58 bits per heavy atom. The van der Waals surface area contributed by atoms with E-state index >= 15 is 0 Å². The second-order valence-electron chi connectivity index (χ2n) is 6.91. The van der Waals surface area contributed by atoms with Crippen molar-refractivity contribution < 1.29 is 4.74 Å². The van der Waals surface area contributed by atoms with Gasteiger partial charge in [0.05, 0.1) is 18.8 Å². The lowest BCUT2D eigenvalue weighted by Gasteiger charge is -2.19. The van der Waals surface area contributed by atoms with Crippen LogP contribution in [0.25, 0.3) is 0 Å². The maximum atomic E-state index is 5.97. The van der Waals surface area contributed by atoms with Crippen molar-refractivity contribution in [1.29, 1.82) is 0 Å². The van der Waals surface area contributed by atoms with Crippen LogP contribution in [-0.4, -0.2) is 22.9 Å². The van der Waals surface area contributed by atoms with Gasteiger partial charge in [-0.3, -0.25) is 4.68 Å². The van der Waals surface area contributed by atoms with Crippen molar-refractivity contribution in [3.8, 4) is 0 Å². The number of aromatic nitrogens is 2. The molecule has 2 atom stereocenters. The lowest BCUT2D eigenvalue weighted by Crippen LogP contribution is -2.24. The van der Waals surface area contributed by atoms with Crippen LogP contribution >= 0.6 is 0 Å². The van der Waals surface area contributed by atoms with E-state index in [0.717, 1.165) is 32.7 Å². The van der Waals surface area contributed by atoms with E-state index in [2.05, 4.69) is 71.2 Å². The zero-order valence-corrected chi connectivity index (χ0v) is 14.9. The van der Waals surface area contributed by atoms with Crippen molar-refractivity contribution in [3.63, 3.8) is 0 Å². The Labute approximate surface area is 154 Å². The van der Waals surface area contributed by atoms with Gasteiger partial charge in [0.2, 0.25) is 0 Å². The summed E-state index contributed by atoms with van der Waals surface area (Å²) in [6, 6.07) is 21.0. The minimum atomic E-state index is 0.213. The van der Waals surface area contributed by atoms with Crippen molar-refractivity contribution in [2.24, 2.45) is 5.92 Å². The smallest absolute Gasteiger partial charge is 0.0866 e. The van der Waals surface area contributed by atoms with E-state index < -0.39 is 0 Å². The second kappa shape index (κ2) is 8.30. The van der Waals surface area contributed by atoms with Crippen molar-refractivity contribution in [3.05, 3.63) is 89.7 Å². The second-order valence-corrected chi connectivity index (χ2v) is 6.91. The molecule has 134 valence electrons. The van der Waals surface area contributed by atoms with Crippen LogP contribution in [0.4, 0.5) is 0 Å². The summed E-state index contributed by atoms with van der Waals surface area (Å²) >= 11 is 0. The number of ether oxygens (including phenoxy) is 1. The van der Waals surface area contributed by atoms with E-state index in [0.29, 0.717) is 5.92 Å². The van der Waals surface area contributed by atoms with Crippen LogP contribution in [0.1, 0.15) is 29.2 Å². The predicted molar refractivity (Wildman–Crippen MR) is 103 cm³/mol. The molecule has 0 spiro atoms. The molecule has 0 radical (unpaired) electrons. The Kier molecular flexibility index (Phi) is 5.43. The number of benzene rings is 2. The van der Waals surface area contributed by atoms with Crippen LogP contribution in [0.3, 0.4) is 0 Å². The third kappa shape index (κ3) is 4.21. The molecule has 3 aromatic rings. The summed E-state index contributed by atoms with van der Waals surface area (Å²) in [5, 5.41) is 8.06. The molecule has 0 bridgehead atoms. The molecular weight excluding hydrogens is 322 g/mol. The Morgan fingerprint density at radius 2 is 1.77 bits per heavy atom. The molecule has 1 aliphatic rings. The molecule has 0 aliphatic carbocycles. The van der Waals surface area contributed by atoms with Gasteiger partial charge in [0.1, 0.15) is 0 Å². The van der Waals surface area contributed by atoms with E-state index in [1.54, 1.807) is 0 Å². The van der Waals surface area contributed by atoms with Gasteiger partial charge in [-0.05, 0) is 17.5 Å². The minimum Gasteiger partial charge on any atom is -0.373 e. The SMILES string of the molecule is c1ccc(Cn2cc(CNC[C@H]3CCO[C@@H]3c3ccccc3)cn2)cc1. The highest BCUT2D eigenvalue weighted by Crippen LogP contribution is 2.33. The maximum absolute atomic E-state index is 5.97. The molecule has 26 heavy (non-hydrogen) atoms. The average Bonchev–Trinajstić information content (AvgIpc) is 3.33. The van der Waals surface area contributed by atoms with Gasteiger partial charge in [-0.1, -0.05) is 60.7 Å². The molecule has 0 unspecified atom stereocenters. The number of nitrogens with zero attached hydrogens (tertiary/aromatic N) is 2. The summed E-state index contributed by atoms with van der Waals surface area (Å²) in [5.41, 5.74) is 3.77. The Hall–Kier alpha value is -2.43. The van der Waals surface area contributed by atoms with Crippen LogP contribution in [0.5, 0.6) is 0 Å². The van der Waals surface area contributed by atoms with Gasteiger partial charge in [0.25, 0.3) is 0 Å². The standard InChI is InChI=1S/C22H25N3O/c1-3-7-18(8-4-1)16-25-17-19(14-24-25)13-23-15-21-11-12-26-22(21)20-9-5-2-6-10-20/h1-10,14,17,21-23H,11-13,15-16H2/t21-,22-/m1/s1. The van der Waals surface area contributed by atoms with Crippen LogP contribution in [0.15, 0.2) is 73.1 Å². The molecule has 0 amide bonds. The van der Waals surface area contributed by atoms with E-state index in [1.165, 1.54) is 16.7 Å². The topological polar surface area (TPSA) is 39.1 Å². The first-order valence-corrected chi connectivity index (χ1v) is 9.31. The molecule has 4 rings (SSSR count). The molecule has 2 aromatic carbocycles. The zero-order chi connectivity index (χ0) is 17.6. The third-order valence-electron chi connectivity index (χ3n) is 4.95. The first-order chi connectivity index (χ1) is 12.9. The Morgan fingerprint density at radius 1 is 1.00 bits per heavy atom. The Balaban J connectivity index is 1.28. The van der Waals surface area contributed by atoms with Gasteiger partial charge < -0.3 is 10.1 Å². The molecular formula is C22H25N3O. The highest BCUT2D eigenvalue weighted by atomic mass is 16.5. The summed E-state index contributed by atoms with van der Waals surface area (Å²) in [5.74, 6) is 0.525. The third-order valence-corrected chi connectivity index (χ3v) is 4.95. The van der Waals surface area contributed by atoms with Crippen LogP contribution in [-0.2, 0) is 17.8 Å². The highest BCUT2D eigenvalue weighted by Gasteiger charge is 2.28. The summed E-state index contributed by atoms with van der Waals surface area (Å²) < 4.78 is 7.97. The molecule has 1 aromatic heterocycles. The van der Waals surface area contributed by atoms with Gasteiger partial charge in [-0.2, -0.15) is 5.10 Å². The first kappa shape index (κ1) is 17.0. The number of nitrogens with one attached hydrogen (secondary N) is 1. The fourth-order valence-electron chi connectivity index (χ4n) is 3.61. The fourth-order valence-corrected chi connectivity index (χ4v) is 3.61. The lowest BCUT2D eigenvalue weighted by molar-refractivity contribution is 0.0904. The van der Waals surface area contributed by atoms with Crippen LogP contribution in [0.2, 0.25) is 0 Å². The molecule has 2 heterocycles. The van der Waals surface area contributed by atoms with Gasteiger partial charge in [0.15, 0.2) is 0 Å². The molecule has 1 aliphatic heterocycles. The van der Waals surface area contributed by atoms with Crippen molar-refractivity contribution >= 4 is 0 Å². The van der Waals surface area contributed by atoms with E-state index in [-0.39, 0.29) is 6.10 Å². The van der Waals surface area contributed by atoms with Gasteiger partial charge in [-0.15, -0.1) is 0 Å². The quantitative estimate of drug-likeness (QED) is 0.707. The largest absolute Gasteiger partial charge is 0.373 e. The van der Waals surface area contributed by atoms with Crippen LogP contribution < -0.4 is 5.32 Å². The summed E-state index contributed by atoms with van der Waals surface area (Å²) in [6.07, 6.45) is 5.40. The molecule has 4 nitrogen and oxygen atoms in total. The monoisotopic (exact) mass is 347 g/mol. The van der Waals surface area contributed by atoms with Gasteiger partial charge in [-0.25, -0.2) is 0 Å². The van der Waals surface area contributed by atoms with E-state index in [9.17, 15) is 0 Å². The fraction of sp³-hybridized carbons (Fsp3) is 0.318. The normalized spacial score (nSPS) is 19.7. The summed E-state index contributed by atoms with van der Waals surface area (Å²) in [6.45, 7) is 3.46. The summed E-state index contributed by atoms with van der Waals surface area (Å²) in [7, 11) is 0. The molecule has 1 saturated heterocycles. The maximum Gasteiger partial charge on any atom is 0.0866 e. The van der Waals surface area contributed by atoms with Crippen LogP contribution in [0, 0.1) is 5.92 Å². The Bertz CT molecular complexity index is 801. The number of hydrogen-bond donors (Lipinski definition) is 1. The first-order valence-electron chi connectivity index (χ1n) is 9.31. The summed E-state index contributed by atoms with van der Waals surface area (Å²) in [4.78, 5) is 0. The molecule has 1 fully saturated rings. The highest BCUT2D eigenvalue weighted by molar-refractivity contribution is 5.19. The van der Waals surface area contributed by atoms with Crippen molar-refractivity contribution in [2.45, 2.75) is 25.6 Å². The van der Waals surface area contributed by atoms with E-state index in [4.69, 9.17) is 4.74 Å².